The van der Waals surface area contributed by atoms with E-state index in [9.17, 15) is 9.32 Å². The second-order valence-corrected chi connectivity index (χ2v) is 8.92. The third kappa shape index (κ3) is 4.39. The predicted octanol–water partition coefficient (Wildman–Crippen LogP) is 4.34. The van der Waals surface area contributed by atoms with E-state index in [0.717, 1.165) is 23.3 Å². The molecule has 2 aliphatic rings. The van der Waals surface area contributed by atoms with Gasteiger partial charge in [0.25, 0.3) is 0 Å². The Hall–Kier alpha value is -3.13. The lowest BCUT2D eigenvalue weighted by molar-refractivity contribution is -0.0799. The maximum Gasteiger partial charge on any atom is 0.447 e. The van der Waals surface area contributed by atoms with Gasteiger partial charge in [0.05, 0.1) is 11.2 Å². The van der Waals surface area contributed by atoms with Gasteiger partial charge in [-0.25, -0.2) is 14.3 Å². The molecule has 0 unspecified atom stereocenters. The van der Waals surface area contributed by atoms with Gasteiger partial charge in [0.15, 0.2) is 0 Å². The van der Waals surface area contributed by atoms with Crippen LogP contribution < -0.4 is 4.90 Å². The lowest BCUT2D eigenvalue weighted by Gasteiger charge is -2.34. The molecule has 2 aromatic heterocycles. The monoisotopic (exact) mass is 451 g/mol. The second kappa shape index (κ2) is 9.39. The van der Waals surface area contributed by atoms with Crippen LogP contribution in [0.3, 0.4) is 0 Å². The second-order valence-electron chi connectivity index (χ2n) is 8.92. The first-order chi connectivity index (χ1) is 16.2. The van der Waals surface area contributed by atoms with Crippen molar-refractivity contribution < 1.29 is 14.3 Å². The highest BCUT2D eigenvalue weighted by atomic mass is 19.3. The number of carbonyl (C=O) groups is 1. The van der Waals surface area contributed by atoms with Crippen LogP contribution in [0.15, 0.2) is 48.8 Å². The standard InChI is InChI=1S/C25H30FN5O2/c1-2-28-11-8-21(9-12-28)19-3-5-20(6-4-19)22-17-24-23(7-10-27-31(24)18-22)29-13-15-30(16-14-29)25(32)33-26/h3-7,10,17-18,21H,2,8-9,11-16H2,1H3. The molecule has 1 amide bonds. The number of hydrogen-bond acceptors (Lipinski definition) is 5. The summed E-state index contributed by atoms with van der Waals surface area (Å²) in [5.74, 6) is 0.650. The average molecular weight is 452 g/mol. The van der Waals surface area contributed by atoms with Crippen molar-refractivity contribution in [1.82, 2.24) is 19.4 Å². The summed E-state index contributed by atoms with van der Waals surface area (Å²) < 4.78 is 14.1. The van der Waals surface area contributed by atoms with Gasteiger partial charge in [-0.2, -0.15) is 5.10 Å². The molecule has 1 aromatic carbocycles. The van der Waals surface area contributed by atoms with Crippen LogP contribution in [0.2, 0.25) is 0 Å². The summed E-state index contributed by atoms with van der Waals surface area (Å²) in [6.45, 7) is 7.81. The van der Waals surface area contributed by atoms with Gasteiger partial charge in [-0.3, -0.25) is 0 Å². The summed E-state index contributed by atoms with van der Waals surface area (Å²) in [6.07, 6.45) is 5.39. The van der Waals surface area contributed by atoms with Crippen molar-refractivity contribution in [2.75, 3.05) is 50.7 Å². The van der Waals surface area contributed by atoms with Crippen LogP contribution >= 0.6 is 0 Å². The van der Waals surface area contributed by atoms with Crippen molar-refractivity contribution >= 4 is 17.3 Å². The number of hydrogen-bond donors (Lipinski definition) is 0. The molecule has 0 aliphatic carbocycles. The molecule has 2 fully saturated rings. The third-order valence-corrected chi connectivity index (χ3v) is 7.18. The van der Waals surface area contributed by atoms with E-state index >= 15 is 0 Å². The Labute approximate surface area is 193 Å². The molecule has 174 valence electrons. The van der Waals surface area contributed by atoms with Crippen LogP contribution in [0, 0.1) is 0 Å². The molecule has 2 saturated heterocycles. The van der Waals surface area contributed by atoms with E-state index in [0.29, 0.717) is 32.1 Å². The summed E-state index contributed by atoms with van der Waals surface area (Å²) in [4.78, 5) is 20.9. The number of likely N-dealkylation sites (tertiary alicyclic amines) is 1. The van der Waals surface area contributed by atoms with Gasteiger partial charge in [0.1, 0.15) is 0 Å². The van der Waals surface area contributed by atoms with Gasteiger partial charge in [0, 0.05) is 48.7 Å². The first-order valence-corrected chi connectivity index (χ1v) is 11.8. The summed E-state index contributed by atoms with van der Waals surface area (Å²) in [7, 11) is 0. The van der Waals surface area contributed by atoms with Crippen molar-refractivity contribution in [3.8, 4) is 11.1 Å². The van der Waals surface area contributed by atoms with Crippen LogP contribution in [0.5, 0.6) is 0 Å². The summed E-state index contributed by atoms with van der Waals surface area (Å²) in [6, 6.07) is 13.2. The van der Waals surface area contributed by atoms with Crippen molar-refractivity contribution in [3.05, 3.63) is 54.4 Å². The van der Waals surface area contributed by atoms with Crippen LogP contribution in [-0.2, 0) is 4.94 Å². The fraction of sp³-hybridized carbons (Fsp3) is 0.440. The number of carbonyl (C=O) groups excluding carboxylic acids is 1. The Morgan fingerprint density at radius 1 is 1.03 bits per heavy atom. The summed E-state index contributed by atoms with van der Waals surface area (Å²) in [5, 5.41) is 4.50. The van der Waals surface area contributed by atoms with E-state index in [1.165, 1.54) is 42.0 Å². The van der Waals surface area contributed by atoms with Gasteiger partial charge >= 0.3 is 6.09 Å². The third-order valence-electron chi connectivity index (χ3n) is 7.18. The number of anilines is 1. The van der Waals surface area contributed by atoms with Crippen molar-refractivity contribution in [3.63, 3.8) is 0 Å². The number of amides is 1. The molecule has 0 N–H and O–H groups in total. The molecule has 2 aliphatic heterocycles. The molecule has 0 atom stereocenters. The van der Waals surface area contributed by atoms with Crippen LogP contribution in [-0.4, -0.2) is 71.3 Å². The highest BCUT2D eigenvalue weighted by Gasteiger charge is 2.24. The predicted molar refractivity (Wildman–Crippen MR) is 126 cm³/mol. The van der Waals surface area contributed by atoms with Gasteiger partial charge in [-0.1, -0.05) is 31.2 Å². The quantitative estimate of drug-likeness (QED) is 0.591. The van der Waals surface area contributed by atoms with E-state index in [2.05, 4.69) is 63.3 Å². The normalized spacial score (nSPS) is 18.1. The number of fused-ring (bicyclic) bond motifs is 1. The lowest BCUT2D eigenvalue weighted by atomic mass is 9.88. The fourth-order valence-electron chi connectivity index (χ4n) is 5.13. The van der Waals surface area contributed by atoms with Gasteiger partial charge in [0.2, 0.25) is 0 Å². The SMILES string of the molecule is CCN1CCC(c2ccc(-c3cc4c(N5CCN(C(=O)OF)CC5)ccnn4c3)cc2)CC1. The Morgan fingerprint density at radius 2 is 1.76 bits per heavy atom. The number of benzene rings is 1. The van der Waals surface area contributed by atoms with Crippen molar-refractivity contribution in [1.29, 1.82) is 0 Å². The topological polar surface area (TPSA) is 53.3 Å². The first kappa shape index (κ1) is 21.7. The summed E-state index contributed by atoms with van der Waals surface area (Å²) >= 11 is 0. The van der Waals surface area contributed by atoms with E-state index in [1.54, 1.807) is 6.20 Å². The molecule has 0 bridgehead atoms. The number of rotatable bonds is 4. The Bertz CT molecular complexity index is 1100. The number of nitrogens with zero attached hydrogens (tertiary/aromatic N) is 5. The molecular weight excluding hydrogens is 421 g/mol. The first-order valence-electron chi connectivity index (χ1n) is 11.8. The van der Waals surface area contributed by atoms with Gasteiger partial charge in [-0.05, 0) is 61.7 Å². The maximum atomic E-state index is 12.2. The van der Waals surface area contributed by atoms with E-state index in [1.807, 2.05) is 10.6 Å². The minimum absolute atomic E-state index is 0.420. The number of halogens is 1. The number of piperazine rings is 1. The molecule has 3 aromatic rings. The largest absolute Gasteiger partial charge is 0.447 e. The number of piperidine rings is 1. The van der Waals surface area contributed by atoms with Crippen LogP contribution in [0.4, 0.5) is 15.0 Å². The molecule has 0 spiro atoms. The molecule has 33 heavy (non-hydrogen) atoms. The molecule has 7 nitrogen and oxygen atoms in total. The average Bonchev–Trinajstić information content (AvgIpc) is 3.33. The molecular formula is C25H30FN5O2. The highest BCUT2D eigenvalue weighted by molar-refractivity contribution is 5.80. The van der Waals surface area contributed by atoms with Crippen LogP contribution in [0.25, 0.3) is 16.6 Å². The minimum atomic E-state index is -0.918. The van der Waals surface area contributed by atoms with E-state index < -0.39 is 6.09 Å². The molecule has 4 heterocycles. The maximum absolute atomic E-state index is 12.2. The van der Waals surface area contributed by atoms with Crippen molar-refractivity contribution in [2.45, 2.75) is 25.7 Å². The Balaban J connectivity index is 1.33. The molecule has 0 radical (unpaired) electrons. The summed E-state index contributed by atoms with van der Waals surface area (Å²) in [5.41, 5.74) is 5.81. The Morgan fingerprint density at radius 3 is 2.42 bits per heavy atom. The number of aromatic nitrogens is 2. The van der Waals surface area contributed by atoms with E-state index in [4.69, 9.17) is 0 Å². The smallest absolute Gasteiger partial charge is 0.366 e. The zero-order valence-corrected chi connectivity index (χ0v) is 19.0. The minimum Gasteiger partial charge on any atom is -0.366 e. The fourth-order valence-corrected chi connectivity index (χ4v) is 5.13. The van der Waals surface area contributed by atoms with E-state index in [-0.39, 0.29) is 0 Å². The zero-order chi connectivity index (χ0) is 22.8. The van der Waals surface area contributed by atoms with Crippen molar-refractivity contribution in [2.24, 2.45) is 0 Å². The zero-order valence-electron chi connectivity index (χ0n) is 19.0. The van der Waals surface area contributed by atoms with Gasteiger partial charge in [-0.15, -0.1) is 0 Å². The van der Waals surface area contributed by atoms with Crippen LogP contribution in [0.1, 0.15) is 31.2 Å². The molecule has 0 saturated carbocycles. The lowest BCUT2D eigenvalue weighted by Crippen LogP contribution is -2.48. The molecule has 8 heteroatoms. The highest BCUT2D eigenvalue weighted by Crippen LogP contribution is 2.32. The molecule has 5 rings (SSSR count). The Kier molecular flexibility index (Phi) is 6.17. The van der Waals surface area contributed by atoms with Gasteiger partial charge < -0.3 is 14.7 Å².